The zero-order chi connectivity index (χ0) is 71.7. The van der Waals surface area contributed by atoms with E-state index < -0.39 is 65.2 Å². The summed E-state index contributed by atoms with van der Waals surface area (Å²) in [4.78, 5) is 19.5. The summed E-state index contributed by atoms with van der Waals surface area (Å²) in [6.45, 7) is 9.92. The predicted octanol–water partition coefficient (Wildman–Crippen LogP) is -2.91. The van der Waals surface area contributed by atoms with E-state index in [1.807, 2.05) is 20.8 Å². The van der Waals surface area contributed by atoms with Gasteiger partial charge in [0.05, 0.1) is 43.1 Å². The molecule has 0 spiro atoms. The van der Waals surface area contributed by atoms with E-state index in [-0.39, 0.29) is 81.9 Å². The van der Waals surface area contributed by atoms with Gasteiger partial charge in [-0.3, -0.25) is 4.90 Å². The molecule has 0 aliphatic carbocycles. The number of carbonyl (C=O) groups excluding carboxylic acids is 1. The van der Waals surface area contributed by atoms with E-state index in [0.717, 1.165) is 19.6 Å². The van der Waals surface area contributed by atoms with Crippen molar-refractivity contribution in [1.82, 2.24) is 23.5 Å². The summed E-state index contributed by atoms with van der Waals surface area (Å²) in [5, 5.41) is -1.59. The fraction of sp³-hybridized carbons (Fsp3) is 0.604. The molecule has 5 N–H and O–H groups in total. The Morgan fingerprint density at radius 2 is 1.01 bits per heavy atom. The second-order valence-electron chi connectivity index (χ2n) is 20.8. The number of halogens is 6. The molecule has 46 heteroatoms. The second kappa shape index (κ2) is 49.7. The molecule has 21 nitrogen and oxygen atoms in total. The lowest BCUT2D eigenvalue weighted by Crippen LogP contribution is -2.66. The molecule has 94 heavy (non-hydrogen) atoms. The third kappa shape index (κ3) is 39.7. The van der Waals surface area contributed by atoms with Crippen LogP contribution in [0.15, 0.2) is 106 Å². The van der Waals surface area contributed by atoms with Gasteiger partial charge < -0.3 is 54.0 Å². The summed E-state index contributed by atoms with van der Waals surface area (Å²) in [7, 11) is 28.4. The number of hydrogen-bond acceptors (Lipinski definition) is 17. The third-order valence-electron chi connectivity index (χ3n) is 11.2. The Morgan fingerprint density at radius 3 is 1.29 bits per heavy atom. The highest BCUT2D eigenvalue weighted by Crippen LogP contribution is 2.51. The van der Waals surface area contributed by atoms with Gasteiger partial charge in [-0.1, -0.05) is 54.6 Å². The number of sulfonamides is 3. The van der Waals surface area contributed by atoms with Crippen molar-refractivity contribution in [2.75, 3.05) is 127 Å². The molecule has 3 aromatic rings. The number of piperidine rings is 1. The summed E-state index contributed by atoms with van der Waals surface area (Å²) >= 11 is 0. The van der Waals surface area contributed by atoms with Crippen LogP contribution in [-0.4, -0.2) is 321 Å². The van der Waals surface area contributed by atoms with Crippen molar-refractivity contribution in [1.29, 1.82) is 0 Å². The molecule has 15 radical (unpaired) electrons. The van der Waals surface area contributed by atoms with E-state index in [0.29, 0.717) is 66.1 Å². The van der Waals surface area contributed by atoms with Crippen molar-refractivity contribution in [3.63, 3.8) is 0 Å². The van der Waals surface area contributed by atoms with E-state index in [1.54, 1.807) is 33.3 Å². The lowest BCUT2D eigenvalue weighted by atomic mass is 8.81. The van der Waals surface area contributed by atoms with Crippen LogP contribution >= 0.6 is 0 Å². The van der Waals surface area contributed by atoms with E-state index in [9.17, 15) is 61.5 Å². The smallest absolute Gasteiger partial charge is 0.429 e. The molecule has 5 rings (SSSR count). The third-order valence-corrected chi connectivity index (χ3v) is 18.4. The van der Waals surface area contributed by atoms with Crippen molar-refractivity contribution >= 4 is 157 Å². The largest absolute Gasteiger partial charge is 0.444 e. The second-order valence-corrected chi connectivity index (χ2v) is 28.6. The molecule has 3 aromatic carbocycles. The molecule has 0 saturated carbocycles. The molecule has 2 heterocycles. The molecular formula is C48H82B15F6N5O16S4+. The van der Waals surface area contributed by atoms with Crippen LogP contribution in [0.1, 0.15) is 33.6 Å². The molecule has 0 aromatic heterocycles. The van der Waals surface area contributed by atoms with Crippen LogP contribution in [0.2, 0.25) is 0 Å². The number of aliphatic hydroxyl groups is 1. The number of methoxy groups -OCH3 is 3. The lowest BCUT2D eigenvalue weighted by Gasteiger charge is -2.35. The van der Waals surface area contributed by atoms with Crippen LogP contribution in [0, 0.1) is 0 Å². The average molecular weight is 1390 g/mol. The first kappa shape index (κ1) is 95.4. The quantitative estimate of drug-likeness (QED) is 0.0227. The molecule has 2 aliphatic rings. The molecule has 505 valence electrons. The summed E-state index contributed by atoms with van der Waals surface area (Å²) in [5.41, 5.74) is -0.437. The lowest BCUT2D eigenvalue weighted by molar-refractivity contribution is -0.245. The minimum absolute atomic E-state index is 0. The number of likely N-dealkylation sites (tertiary alicyclic amines) is 1. The molecule has 0 unspecified atom stereocenters. The molecule has 2 saturated heterocycles. The number of rotatable bonds is 27. The number of ether oxygens (including phenoxy) is 7. The fourth-order valence-corrected chi connectivity index (χ4v) is 12.7. The number of piperazine rings is 1. The maximum atomic E-state index is 13.9. The molecule has 2 aliphatic heterocycles. The highest BCUT2D eigenvalue weighted by molar-refractivity contribution is 8.05. The number of hydrogen-bond donors (Lipinski definition) is 3. The highest BCUT2D eigenvalue weighted by atomic mass is 32.3. The van der Waals surface area contributed by atoms with Crippen LogP contribution in [0.25, 0.3) is 0 Å². The fourth-order valence-electron chi connectivity index (χ4n) is 6.59. The van der Waals surface area contributed by atoms with Crippen molar-refractivity contribution < 1.29 is 100 Å². The van der Waals surface area contributed by atoms with Crippen molar-refractivity contribution in [2.24, 2.45) is 0 Å². The molecule has 2 fully saturated rings. The van der Waals surface area contributed by atoms with Gasteiger partial charge in [-0.15, -0.1) is 4.13 Å². The van der Waals surface area contributed by atoms with Crippen molar-refractivity contribution in [3.05, 3.63) is 91.0 Å². The van der Waals surface area contributed by atoms with E-state index >= 15 is 0 Å². The van der Waals surface area contributed by atoms with Gasteiger partial charge in [-0.2, -0.15) is 30.6 Å². The van der Waals surface area contributed by atoms with Gasteiger partial charge >= 0.3 is 22.5 Å². The van der Waals surface area contributed by atoms with Gasteiger partial charge in [0.15, 0.2) is 14.7 Å². The Bertz CT molecular complexity index is 2640. The van der Waals surface area contributed by atoms with Gasteiger partial charge in [0.25, 0.3) is 20.0 Å². The predicted molar refractivity (Wildman–Crippen MR) is 378 cm³/mol. The number of benzene rings is 3. The van der Waals surface area contributed by atoms with Gasteiger partial charge in [-0.05, 0) is 70.0 Å². The summed E-state index contributed by atoms with van der Waals surface area (Å²) in [5.74, 6) is -7.00. The Morgan fingerprint density at radius 1 is 0.681 bits per heavy atom. The van der Waals surface area contributed by atoms with Gasteiger partial charge in [0, 0.05) is 190 Å². The van der Waals surface area contributed by atoms with Crippen LogP contribution in [0.4, 0.5) is 31.1 Å². The van der Waals surface area contributed by atoms with Crippen LogP contribution in [0.3, 0.4) is 0 Å². The van der Waals surface area contributed by atoms with Crippen molar-refractivity contribution in [3.8, 4) is 0 Å². The Labute approximate surface area is 571 Å². The Balaban J connectivity index is -0.00000110. The molecule has 0 bridgehead atoms. The van der Waals surface area contributed by atoms with Crippen molar-refractivity contribution in [2.45, 2.75) is 76.4 Å². The number of carbonyl (C=O) groups is 1. The van der Waals surface area contributed by atoms with E-state index in [1.165, 1.54) is 14.7 Å². The maximum Gasteiger partial charge on any atom is 0.429 e. The number of nitrogens with zero attached hydrogens (tertiary/aromatic N) is 3. The van der Waals surface area contributed by atoms with Gasteiger partial charge in [-0.25, -0.2) is 30.0 Å². The molecule has 0 atom stereocenters. The Kier molecular flexibility index (Phi) is 50.4. The minimum atomic E-state index is -7.00. The van der Waals surface area contributed by atoms with Gasteiger partial charge in [0.2, 0.25) is 10.0 Å². The molecule has 1 amide bonds. The monoisotopic (exact) mass is 1390 g/mol. The van der Waals surface area contributed by atoms with Crippen LogP contribution in [-0.2, 0) is 74.1 Å². The summed E-state index contributed by atoms with van der Waals surface area (Å²) in [6, 6.07) is 32.2. The first-order chi connectivity index (χ1) is 43.1. The highest BCUT2D eigenvalue weighted by Gasteiger charge is 2.83. The number of amides is 1. The van der Waals surface area contributed by atoms with E-state index in [2.05, 4.69) is 148 Å². The maximum absolute atomic E-state index is 13.9. The SMILES string of the molecule is CC(C)(C)OC(=O)N1CCC(O)CC1.COCOCCN(CCOCOC)CCOCOC.CS(=O)(=O)NS(=O)(=O)C(F)(F)C(F)(F)C(F)(F)S(=O)(=O)N1CCNCC1.O.[B]B([BH])[BH].[B]B([BH])[B][BH].[B]B([B])B([BH])[BH].c1ccc([S+](c2ccccc2)c2ccccc2)cc1. The van der Waals surface area contributed by atoms with Crippen LogP contribution in [0.5, 0.6) is 0 Å². The normalized spacial score (nSPS) is 13.8. The Hall–Kier alpha value is -2.80. The number of nitrogens with one attached hydrogen (secondary N) is 2. The number of aliphatic hydroxyl groups excluding tert-OH is 1. The first-order valence-corrected chi connectivity index (χ1v) is 34.5. The van der Waals surface area contributed by atoms with E-state index in [4.69, 9.17) is 64.1 Å². The topological polar surface area (TPSA) is 270 Å². The summed E-state index contributed by atoms with van der Waals surface area (Å²) < 4.78 is 185. The first-order valence-electron chi connectivity index (χ1n) is 28.5. The summed E-state index contributed by atoms with van der Waals surface area (Å²) in [6.07, 6.45) is 0.0236. The van der Waals surface area contributed by atoms with Crippen LogP contribution < -0.4 is 9.44 Å². The zero-order valence-corrected chi connectivity index (χ0v) is 57.9. The molecular weight excluding hydrogens is 1310 g/mol. The van der Waals surface area contributed by atoms with Gasteiger partial charge in [0.1, 0.15) is 26.0 Å². The number of alkyl halides is 6. The minimum Gasteiger partial charge on any atom is -0.444 e. The average Bonchev–Trinajstić information content (AvgIpc) is 0.716. The standard InChI is InChI=1S/C18H15S.C12H27NO6.C10H19NO3.C8H13F6N3O6S3.B6H2.B5H2.B4H2.H2O/c1-4-10-16(11-5-1)19(17-12-6-2-7-13-17)18-14-8-3-9-15-18;1-14-10-17-7-4-13(5-8-18-11-15-2)6-9-19-12-16-3;1-10(2,3)14-9(13)11-6-4-8(12)5-7-11;1-24(18,19)16-25(20,21)7(11,12)6(9,10)8(13,14)26(22,23)17-4-2-15-3-5-17;1-5(2)6(3)4;1-4-5(2)3;1-4(2)3;/h1-15H;4-12H2,1-3H3;8,12H,4-7H2,1-3H3;15-16H,2-5H2,1H3;1-2H;1-2H;1-2H;1H2/q+1;;;;;;;. The zero-order valence-electron chi connectivity index (χ0n) is 54.6.